The molecule has 1 amide bonds. The Kier molecular flexibility index (Phi) is 6.12. The smallest absolute Gasteiger partial charge is 0.444 e. The van der Waals surface area contributed by atoms with Crippen molar-refractivity contribution in [3.63, 3.8) is 0 Å². The molecule has 178 valence electrons. The predicted octanol–water partition coefficient (Wildman–Crippen LogP) is 4.54. The van der Waals surface area contributed by atoms with Crippen LogP contribution in [0.5, 0.6) is 0 Å². The van der Waals surface area contributed by atoms with Crippen LogP contribution in [0.2, 0.25) is 0 Å². The van der Waals surface area contributed by atoms with Gasteiger partial charge in [-0.3, -0.25) is 0 Å². The Labute approximate surface area is 197 Å². The van der Waals surface area contributed by atoms with Gasteiger partial charge in [0.25, 0.3) is 0 Å². The third-order valence-electron chi connectivity index (χ3n) is 6.91. The molecule has 2 N–H and O–H groups in total. The fourth-order valence-corrected chi connectivity index (χ4v) is 4.39. The van der Waals surface area contributed by atoms with E-state index >= 15 is 0 Å². The van der Waals surface area contributed by atoms with Crippen LogP contribution in [0, 0.1) is 0 Å². The van der Waals surface area contributed by atoms with Gasteiger partial charge in [-0.05, 0) is 72.3 Å². The topological polar surface area (TPSA) is 85.5 Å². The first kappa shape index (κ1) is 23.8. The molecule has 2 heterocycles. The molecule has 1 aliphatic carbocycles. The van der Waals surface area contributed by atoms with E-state index in [0.29, 0.717) is 0 Å². The summed E-state index contributed by atoms with van der Waals surface area (Å²) in [6.45, 7) is 13.8. The third kappa shape index (κ3) is 5.12. The van der Waals surface area contributed by atoms with Crippen molar-refractivity contribution in [3.8, 4) is 11.3 Å². The Balaban J connectivity index is 1.43. The highest BCUT2D eigenvalue weighted by molar-refractivity contribution is 6.62. The van der Waals surface area contributed by atoms with E-state index in [2.05, 4.69) is 55.1 Å². The highest BCUT2D eigenvalue weighted by atomic mass is 16.7. The first-order valence-corrected chi connectivity index (χ1v) is 11.8. The monoisotopic (exact) mass is 453 g/mol. The second kappa shape index (κ2) is 8.47. The van der Waals surface area contributed by atoms with Crippen LogP contribution in [-0.4, -0.2) is 46.0 Å². The van der Waals surface area contributed by atoms with Gasteiger partial charge in [0.1, 0.15) is 11.4 Å². The minimum atomic E-state index is -0.512. The molecular formula is C25H36BN3O4. The van der Waals surface area contributed by atoms with Gasteiger partial charge < -0.3 is 24.3 Å². The number of hydrogen-bond donors (Lipinski definition) is 2. The first-order chi connectivity index (χ1) is 15.3. The van der Waals surface area contributed by atoms with Gasteiger partial charge in [0, 0.05) is 12.0 Å². The maximum atomic E-state index is 12.3. The van der Waals surface area contributed by atoms with E-state index < -0.39 is 5.60 Å². The summed E-state index contributed by atoms with van der Waals surface area (Å²) < 4.78 is 17.7. The Morgan fingerprint density at radius 1 is 1.12 bits per heavy atom. The summed E-state index contributed by atoms with van der Waals surface area (Å²) >= 11 is 0. The van der Waals surface area contributed by atoms with Gasteiger partial charge in [0.05, 0.1) is 23.1 Å². The molecule has 8 heteroatoms. The number of nitrogens with one attached hydrogen (secondary N) is 2. The van der Waals surface area contributed by atoms with Crippen molar-refractivity contribution in [1.29, 1.82) is 0 Å². The molecule has 0 unspecified atom stereocenters. The Morgan fingerprint density at radius 2 is 1.76 bits per heavy atom. The van der Waals surface area contributed by atoms with Crippen LogP contribution in [0.3, 0.4) is 0 Å². The van der Waals surface area contributed by atoms with Crippen molar-refractivity contribution < 1.29 is 18.8 Å². The normalized spacial score (nSPS) is 24.2. The second-order valence-corrected chi connectivity index (χ2v) is 11.2. The molecular weight excluding hydrogens is 417 g/mol. The van der Waals surface area contributed by atoms with Crippen LogP contribution in [0.4, 0.5) is 4.79 Å². The number of imidazole rings is 1. The quantitative estimate of drug-likeness (QED) is 0.665. The Hall–Kier alpha value is -2.32. The molecule has 1 saturated heterocycles. The van der Waals surface area contributed by atoms with Crippen molar-refractivity contribution in [3.05, 3.63) is 36.3 Å². The number of nitrogens with zero attached hydrogens (tertiary/aromatic N) is 1. The molecule has 2 aromatic rings. The molecule has 2 atom stereocenters. The van der Waals surface area contributed by atoms with Gasteiger partial charge in [0.2, 0.25) is 0 Å². The number of benzene rings is 1. The average molecular weight is 453 g/mol. The van der Waals surface area contributed by atoms with Gasteiger partial charge >= 0.3 is 13.2 Å². The van der Waals surface area contributed by atoms with Crippen LogP contribution in [0.25, 0.3) is 11.3 Å². The summed E-state index contributed by atoms with van der Waals surface area (Å²) in [5, 5.41) is 3.04. The standard InChI is InChI=1S/C25H36BN3O4/c1-23(2,3)31-22(30)29-19-10-8-9-18(19)21-27-15-20(28-21)16-11-13-17(14-12-16)26-32-24(4,5)25(6,7)33-26/h11-15,18-19H,8-10H2,1-7H3,(H,27,28)(H,29,30)/t18-,19-/m0/s1. The number of carbonyl (C=O) groups is 1. The van der Waals surface area contributed by atoms with Crippen molar-refractivity contribution in [2.45, 2.75) is 96.5 Å². The van der Waals surface area contributed by atoms with Crippen LogP contribution < -0.4 is 10.8 Å². The molecule has 2 fully saturated rings. The molecule has 1 aromatic heterocycles. The Morgan fingerprint density at radius 3 is 2.36 bits per heavy atom. The maximum Gasteiger partial charge on any atom is 0.494 e. The van der Waals surface area contributed by atoms with Crippen molar-refractivity contribution in [2.24, 2.45) is 0 Å². The van der Waals surface area contributed by atoms with Gasteiger partial charge in [-0.25, -0.2) is 9.78 Å². The summed E-state index contributed by atoms with van der Waals surface area (Å²) in [6, 6.07) is 8.22. The SMILES string of the molecule is CC(C)(C)OC(=O)N[C@H]1CCC[C@@H]1c1ncc(-c2ccc(B3OC(C)(C)C(C)(C)O3)cc2)[nH]1. The molecule has 0 spiro atoms. The minimum Gasteiger partial charge on any atom is -0.444 e. The first-order valence-electron chi connectivity index (χ1n) is 11.8. The summed E-state index contributed by atoms with van der Waals surface area (Å²) in [5.74, 6) is 1.05. The third-order valence-corrected chi connectivity index (χ3v) is 6.91. The van der Waals surface area contributed by atoms with E-state index in [0.717, 1.165) is 41.8 Å². The lowest BCUT2D eigenvalue weighted by atomic mass is 9.79. The van der Waals surface area contributed by atoms with Gasteiger partial charge in [-0.1, -0.05) is 30.7 Å². The van der Waals surface area contributed by atoms with Crippen LogP contribution in [0.15, 0.2) is 30.5 Å². The van der Waals surface area contributed by atoms with Crippen LogP contribution in [0.1, 0.15) is 79.5 Å². The Bertz CT molecular complexity index is 978. The second-order valence-electron chi connectivity index (χ2n) is 11.2. The molecule has 0 bridgehead atoms. The highest BCUT2D eigenvalue weighted by Gasteiger charge is 2.51. The van der Waals surface area contributed by atoms with E-state index in [9.17, 15) is 4.79 Å². The fourth-order valence-electron chi connectivity index (χ4n) is 4.39. The summed E-state index contributed by atoms with van der Waals surface area (Å²) in [7, 11) is -0.375. The molecule has 33 heavy (non-hydrogen) atoms. The number of hydrogen-bond acceptors (Lipinski definition) is 5. The predicted molar refractivity (Wildman–Crippen MR) is 129 cm³/mol. The van der Waals surface area contributed by atoms with Crippen molar-refractivity contribution in [2.75, 3.05) is 0 Å². The lowest BCUT2D eigenvalue weighted by Gasteiger charge is -2.32. The largest absolute Gasteiger partial charge is 0.494 e. The fraction of sp³-hybridized carbons (Fsp3) is 0.600. The van der Waals surface area contributed by atoms with Crippen LogP contribution in [-0.2, 0) is 14.0 Å². The number of carbonyl (C=O) groups excluding carboxylic acids is 1. The summed E-state index contributed by atoms with van der Waals surface area (Å²) in [4.78, 5) is 20.4. The molecule has 2 aliphatic rings. The lowest BCUT2D eigenvalue weighted by molar-refractivity contribution is 0.00578. The summed E-state index contributed by atoms with van der Waals surface area (Å²) in [6.07, 6.45) is 4.44. The molecule has 4 rings (SSSR count). The number of ether oxygens (including phenoxy) is 1. The maximum absolute atomic E-state index is 12.3. The van der Waals surface area contributed by atoms with Crippen LogP contribution >= 0.6 is 0 Å². The number of alkyl carbamates (subject to hydrolysis) is 1. The van der Waals surface area contributed by atoms with Gasteiger partial charge in [0.15, 0.2) is 0 Å². The summed E-state index contributed by atoms with van der Waals surface area (Å²) in [5.41, 5.74) is 1.76. The molecule has 1 saturated carbocycles. The molecule has 1 aliphatic heterocycles. The zero-order valence-corrected chi connectivity index (χ0v) is 20.8. The van der Waals surface area contributed by atoms with Gasteiger partial charge in [-0.15, -0.1) is 0 Å². The van der Waals surface area contributed by atoms with E-state index in [4.69, 9.17) is 14.0 Å². The average Bonchev–Trinajstić information content (AvgIpc) is 3.39. The minimum absolute atomic E-state index is 0.0181. The molecule has 0 radical (unpaired) electrons. The van der Waals surface area contributed by atoms with E-state index in [1.54, 1.807) is 0 Å². The van der Waals surface area contributed by atoms with E-state index in [1.165, 1.54) is 0 Å². The number of amides is 1. The van der Waals surface area contributed by atoms with E-state index in [1.807, 2.05) is 39.1 Å². The van der Waals surface area contributed by atoms with E-state index in [-0.39, 0.29) is 36.4 Å². The number of aromatic amines is 1. The van der Waals surface area contributed by atoms with Crippen molar-refractivity contribution in [1.82, 2.24) is 15.3 Å². The zero-order valence-electron chi connectivity index (χ0n) is 20.8. The highest BCUT2D eigenvalue weighted by Crippen LogP contribution is 2.37. The van der Waals surface area contributed by atoms with Crippen molar-refractivity contribution >= 4 is 18.7 Å². The zero-order chi connectivity index (χ0) is 24.0. The number of rotatable bonds is 4. The number of aromatic nitrogens is 2. The molecule has 7 nitrogen and oxygen atoms in total. The number of H-pyrrole nitrogens is 1. The van der Waals surface area contributed by atoms with Gasteiger partial charge in [-0.2, -0.15) is 0 Å². The lowest BCUT2D eigenvalue weighted by Crippen LogP contribution is -2.41. The molecule has 1 aromatic carbocycles.